The number of benzene rings is 1. The van der Waals surface area contributed by atoms with Crippen LogP contribution in [0.2, 0.25) is 0 Å². The first-order valence-electron chi connectivity index (χ1n) is 7.22. The highest BCUT2D eigenvalue weighted by molar-refractivity contribution is 8.13. The number of piperidine rings is 1. The molecule has 1 aliphatic heterocycles. The summed E-state index contributed by atoms with van der Waals surface area (Å²) in [5.41, 5.74) is 0.448. The first kappa shape index (κ1) is 15.2. The molecule has 0 spiro atoms. The topological polar surface area (TPSA) is 66.8 Å². The van der Waals surface area contributed by atoms with E-state index in [0.29, 0.717) is 27.9 Å². The maximum Gasteiger partial charge on any atom is 0.339 e. The van der Waals surface area contributed by atoms with Crippen molar-refractivity contribution in [1.82, 2.24) is 4.90 Å². The van der Waals surface area contributed by atoms with Gasteiger partial charge in [0.05, 0.1) is 7.11 Å². The Morgan fingerprint density at radius 1 is 1.32 bits per heavy atom. The van der Waals surface area contributed by atoms with Crippen molar-refractivity contribution in [2.45, 2.75) is 18.7 Å². The van der Waals surface area contributed by atoms with E-state index in [0.717, 1.165) is 24.9 Å². The van der Waals surface area contributed by atoms with Crippen LogP contribution < -0.4 is 4.74 Å². The van der Waals surface area contributed by atoms with Crippen molar-refractivity contribution in [3.8, 4) is 5.75 Å². The molecule has 22 heavy (non-hydrogen) atoms. The zero-order valence-corrected chi connectivity index (χ0v) is 13.6. The number of carboxylic acid groups (broad SMARTS) is 1. The number of hydrogen-bond donors (Lipinski definition) is 1. The highest BCUT2D eigenvalue weighted by Crippen LogP contribution is 2.62. The third kappa shape index (κ3) is 2.45. The molecule has 5 nitrogen and oxygen atoms in total. The number of thioether (sulfide) groups is 1. The second kappa shape index (κ2) is 5.19. The SMILES string of the molecule is COc1ccc(SC(=O)N2CC3C(C2)C3(C)C)cc1C(=O)O. The number of hydrogen-bond acceptors (Lipinski definition) is 4. The number of carbonyl (C=O) groups is 2. The minimum Gasteiger partial charge on any atom is -0.496 e. The van der Waals surface area contributed by atoms with E-state index in [4.69, 9.17) is 4.74 Å². The summed E-state index contributed by atoms with van der Waals surface area (Å²) in [4.78, 5) is 26.0. The molecule has 2 unspecified atom stereocenters. The summed E-state index contributed by atoms with van der Waals surface area (Å²) in [5.74, 6) is 0.467. The van der Waals surface area contributed by atoms with Gasteiger partial charge in [0.1, 0.15) is 11.3 Å². The average molecular weight is 321 g/mol. The van der Waals surface area contributed by atoms with Crippen LogP contribution in [-0.2, 0) is 0 Å². The molecule has 118 valence electrons. The smallest absolute Gasteiger partial charge is 0.339 e. The van der Waals surface area contributed by atoms with E-state index in [9.17, 15) is 14.7 Å². The van der Waals surface area contributed by atoms with Gasteiger partial charge in [-0.05, 0) is 47.2 Å². The number of rotatable bonds is 3. The predicted octanol–water partition coefficient (Wildman–Crippen LogP) is 3.19. The van der Waals surface area contributed by atoms with E-state index in [2.05, 4.69) is 13.8 Å². The molecule has 1 aromatic rings. The molecule has 1 saturated carbocycles. The molecule has 3 rings (SSSR count). The van der Waals surface area contributed by atoms with Gasteiger partial charge in [-0.25, -0.2) is 4.79 Å². The zero-order chi connectivity index (χ0) is 16.1. The van der Waals surface area contributed by atoms with Crippen LogP contribution >= 0.6 is 11.8 Å². The van der Waals surface area contributed by atoms with Crippen LogP contribution in [0.25, 0.3) is 0 Å². The van der Waals surface area contributed by atoms with E-state index >= 15 is 0 Å². The molecule has 1 aliphatic carbocycles. The lowest BCUT2D eigenvalue weighted by Gasteiger charge is -2.21. The van der Waals surface area contributed by atoms with Gasteiger partial charge in [0.25, 0.3) is 5.24 Å². The molecule has 1 aromatic carbocycles. The summed E-state index contributed by atoms with van der Waals surface area (Å²) >= 11 is 1.08. The lowest BCUT2D eigenvalue weighted by molar-refractivity contribution is 0.0693. The predicted molar refractivity (Wildman–Crippen MR) is 83.5 cm³/mol. The number of carbonyl (C=O) groups excluding carboxylic acids is 1. The van der Waals surface area contributed by atoms with Crippen molar-refractivity contribution in [1.29, 1.82) is 0 Å². The van der Waals surface area contributed by atoms with Crippen molar-refractivity contribution < 1.29 is 19.4 Å². The van der Waals surface area contributed by atoms with Crippen LogP contribution in [-0.4, -0.2) is 41.4 Å². The maximum absolute atomic E-state index is 12.3. The number of methoxy groups -OCH3 is 1. The summed E-state index contributed by atoms with van der Waals surface area (Å²) < 4.78 is 5.02. The number of amides is 1. The van der Waals surface area contributed by atoms with Gasteiger partial charge in [0.2, 0.25) is 0 Å². The summed E-state index contributed by atoms with van der Waals surface area (Å²) in [5, 5.41) is 9.17. The summed E-state index contributed by atoms with van der Waals surface area (Å²) in [6, 6.07) is 4.79. The molecule has 1 saturated heterocycles. The van der Waals surface area contributed by atoms with Gasteiger partial charge in [-0.3, -0.25) is 4.79 Å². The van der Waals surface area contributed by atoms with Gasteiger partial charge in [0, 0.05) is 18.0 Å². The Hall–Kier alpha value is -1.69. The van der Waals surface area contributed by atoms with E-state index in [-0.39, 0.29) is 10.8 Å². The molecule has 0 radical (unpaired) electrons. The molecule has 1 amide bonds. The van der Waals surface area contributed by atoms with Gasteiger partial charge in [0.15, 0.2) is 0 Å². The second-order valence-corrected chi connectivity index (χ2v) is 7.50. The Balaban J connectivity index is 1.68. The minimum absolute atomic E-state index is 0.00972. The van der Waals surface area contributed by atoms with Crippen molar-refractivity contribution in [2.24, 2.45) is 17.3 Å². The summed E-state index contributed by atoms with van der Waals surface area (Å²) in [6.07, 6.45) is 0. The second-order valence-electron chi connectivity index (χ2n) is 6.47. The standard InChI is InChI=1S/C16H19NO4S/c1-16(2)11-7-17(8-12(11)16)15(20)22-9-4-5-13(21-3)10(6-9)14(18)19/h4-6,11-12H,7-8H2,1-3H3,(H,18,19). The fraction of sp³-hybridized carbons (Fsp3) is 0.500. The molecule has 1 N–H and O–H groups in total. The summed E-state index contributed by atoms with van der Waals surface area (Å²) in [6.45, 7) is 6.12. The minimum atomic E-state index is -1.06. The van der Waals surface area contributed by atoms with Crippen molar-refractivity contribution in [3.63, 3.8) is 0 Å². The quantitative estimate of drug-likeness (QED) is 0.866. The maximum atomic E-state index is 12.3. The van der Waals surface area contributed by atoms with E-state index in [1.807, 2.05) is 4.90 Å². The van der Waals surface area contributed by atoms with E-state index < -0.39 is 5.97 Å². The third-order valence-corrected chi connectivity index (χ3v) is 5.91. The molecular weight excluding hydrogens is 302 g/mol. The third-order valence-electron chi connectivity index (χ3n) is 4.99. The summed E-state index contributed by atoms with van der Waals surface area (Å²) in [7, 11) is 1.43. The van der Waals surface area contributed by atoms with Crippen molar-refractivity contribution >= 4 is 23.0 Å². The Morgan fingerprint density at radius 2 is 1.95 bits per heavy atom. The lowest BCUT2D eigenvalue weighted by Crippen LogP contribution is -2.29. The van der Waals surface area contributed by atoms with Crippen LogP contribution in [0.3, 0.4) is 0 Å². The number of fused-ring (bicyclic) bond motifs is 1. The number of aromatic carboxylic acids is 1. The normalized spacial score (nSPS) is 24.8. The molecule has 2 atom stereocenters. The van der Waals surface area contributed by atoms with Crippen LogP contribution in [0.5, 0.6) is 5.75 Å². The number of carboxylic acids is 1. The highest BCUT2D eigenvalue weighted by Gasteiger charge is 2.62. The van der Waals surface area contributed by atoms with Crippen LogP contribution in [0.15, 0.2) is 23.1 Å². The molecule has 0 aromatic heterocycles. The Kier molecular flexibility index (Phi) is 3.59. The monoisotopic (exact) mass is 321 g/mol. The van der Waals surface area contributed by atoms with Gasteiger partial charge in [-0.2, -0.15) is 0 Å². The Bertz CT molecular complexity index is 629. The first-order chi connectivity index (χ1) is 10.3. The number of ether oxygens (including phenoxy) is 1. The first-order valence-corrected chi connectivity index (χ1v) is 8.04. The molecular formula is C16H19NO4S. The molecule has 1 heterocycles. The number of nitrogens with zero attached hydrogens (tertiary/aromatic N) is 1. The Morgan fingerprint density at radius 3 is 2.50 bits per heavy atom. The van der Waals surface area contributed by atoms with Crippen LogP contribution in [0.1, 0.15) is 24.2 Å². The van der Waals surface area contributed by atoms with Crippen molar-refractivity contribution in [2.75, 3.05) is 20.2 Å². The fourth-order valence-corrected chi connectivity index (χ4v) is 4.16. The molecule has 2 aliphatic rings. The largest absolute Gasteiger partial charge is 0.496 e. The number of likely N-dealkylation sites (tertiary alicyclic amines) is 1. The van der Waals surface area contributed by atoms with Crippen LogP contribution in [0, 0.1) is 17.3 Å². The van der Waals surface area contributed by atoms with E-state index in [1.165, 1.54) is 13.2 Å². The fourth-order valence-electron chi connectivity index (χ4n) is 3.36. The average Bonchev–Trinajstić information content (AvgIpc) is 2.85. The van der Waals surface area contributed by atoms with Gasteiger partial charge in [-0.1, -0.05) is 13.8 Å². The van der Waals surface area contributed by atoms with Crippen LogP contribution in [0.4, 0.5) is 4.79 Å². The Labute approximate surface area is 133 Å². The van der Waals surface area contributed by atoms with Gasteiger partial charge in [-0.15, -0.1) is 0 Å². The van der Waals surface area contributed by atoms with Gasteiger partial charge < -0.3 is 14.7 Å². The zero-order valence-electron chi connectivity index (χ0n) is 12.8. The van der Waals surface area contributed by atoms with Crippen molar-refractivity contribution in [3.05, 3.63) is 23.8 Å². The lowest BCUT2D eigenvalue weighted by atomic mass is 10.1. The van der Waals surface area contributed by atoms with Gasteiger partial charge >= 0.3 is 5.97 Å². The molecule has 0 bridgehead atoms. The highest BCUT2D eigenvalue weighted by atomic mass is 32.2. The molecule has 6 heteroatoms. The molecule has 2 fully saturated rings. The van der Waals surface area contributed by atoms with E-state index in [1.54, 1.807) is 12.1 Å².